The zero-order valence-electron chi connectivity index (χ0n) is 53.4. The molecule has 69 heavy (non-hydrogen) atoms. The summed E-state index contributed by atoms with van der Waals surface area (Å²) in [6.07, 6.45) is 1.71. The van der Waals surface area contributed by atoms with E-state index in [1.807, 2.05) is 59.5 Å². The first-order chi connectivity index (χ1) is 38.6. The molecule has 0 unspecified atom stereocenters. The fourth-order valence-electron chi connectivity index (χ4n) is 9.64. The predicted molar refractivity (Wildman–Crippen MR) is 285 cm³/mol. The summed E-state index contributed by atoms with van der Waals surface area (Å²) in [5.41, 5.74) is 9.00. The van der Waals surface area contributed by atoms with E-state index in [0.29, 0.717) is 44.7 Å². The number of para-hydroxylation sites is 4. The number of anilines is 4. The maximum Gasteiger partial charge on any atom is 0.135 e. The number of fused-ring (bicyclic) bond motifs is 4. The second-order valence-corrected chi connectivity index (χ2v) is 19.0. The van der Waals surface area contributed by atoms with Crippen LogP contribution in [0.4, 0.5) is 22.7 Å². The molecule has 0 saturated heterocycles. The molecule has 1 aliphatic rings. The summed E-state index contributed by atoms with van der Waals surface area (Å²) >= 11 is 0. The van der Waals surface area contributed by atoms with Gasteiger partial charge in [-0.1, -0.05) is 167 Å². The number of hydrogen-bond acceptors (Lipinski definition) is 3. The summed E-state index contributed by atoms with van der Waals surface area (Å²) in [5, 5.41) is 0.922. The Morgan fingerprint density at radius 3 is 1.86 bits per heavy atom. The molecular formula is C64H55N4Pt-3. The number of benzene rings is 8. The molecule has 3 heterocycles. The summed E-state index contributed by atoms with van der Waals surface area (Å²) in [7, 11) is 0. The number of aryl methyl sites for hydroxylation is 3. The molecule has 0 N–H and O–H groups in total. The minimum Gasteiger partial charge on any atom is -0.493 e. The molecule has 8 aromatic carbocycles. The molecule has 0 atom stereocenters. The van der Waals surface area contributed by atoms with Crippen molar-refractivity contribution < 1.29 is 40.3 Å². The molecule has 11 rings (SSSR count). The fourth-order valence-corrected chi connectivity index (χ4v) is 9.64. The first-order valence-corrected chi connectivity index (χ1v) is 22.6. The largest absolute Gasteiger partial charge is 0.493 e. The average Bonchev–Trinajstić information content (AvgIpc) is 1.96. The number of hydrogen-bond donors (Lipinski definition) is 0. The van der Waals surface area contributed by atoms with E-state index >= 15 is 0 Å². The Hall–Kier alpha value is -7.00. The second kappa shape index (κ2) is 17.8. The molecule has 1 aliphatic heterocycles. The van der Waals surface area contributed by atoms with E-state index < -0.39 is 65.8 Å². The second-order valence-electron chi connectivity index (χ2n) is 19.0. The van der Waals surface area contributed by atoms with Crippen LogP contribution in [0.15, 0.2) is 182 Å². The average molecular weight is 1090 g/mol. The zero-order valence-corrected chi connectivity index (χ0v) is 41.7. The molecule has 0 aliphatic carbocycles. The third-order valence-corrected chi connectivity index (χ3v) is 13.0. The molecule has 344 valence electrons. The van der Waals surface area contributed by atoms with Crippen molar-refractivity contribution in [3.05, 3.63) is 234 Å². The number of nitrogens with zero attached hydrogens (tertiary/aromatic N) is 4. The monoisotopic (exact) mass is 1090 g/mol. The van der Waals surface area contributed by atoms with E-state index in [1.54, 1.807) is 40.5 Å². The number of rotatable bonds is 8. The maximum absolute atomic E-state index is 9.27. The van der Waals surface area contributed by atoms with Crippen molar-refractivity contribution in [2.45, 2.75) is 66.2 Å². The Bertz CT molecular complexity index is 4230. The maximum atomic E-state index is 9.27. The van der Waals surface area contributed by atoms with Gasteiger partial charge < -0.3 is 14.4 Å². The number of pyridine rings is 1. The summed E-state index contributed by atoms with van der Waals surface area (Å²) in [4.78, 5) is 8.51. The predicted octanol–water partition coefficient (Wildman–Crippen LogP) is 16.7. The van der Waals surface area contributed by atoms with E-state index in [4.69, 9.17) is 16.0 Å². The van der Waals surface area contributed by atoms with Gasteiger partial charge in [-0.3, -0.25) is 0 Å². The fraction of sp³-hybridized carbons (Fsp3) is 0.156. The summed E-state index contributed by atoms with van der Waals surface area (Å²) in [6, 6.07) is 29.4. The Kier molecular flexibility index (Phi) is 8.25. The van der Waals surface area contributed by atoms with Crippen LogP contribution in [-0.2, 0) is 31.9 Å². The Morgan fingerprint density at radius 1 is 0.580 bits per heavy atom. The smallest absolute Gasteiger partial charge is 0.135 e. The first kappa shape index (κ1) is 31.9. The molecule has 0 spiro atoms. The van der Waals surface area contributed by atoms with E-state index in [-0.39, 0.29) is 84.1 Å². The normalized spacial score (nSPS) is 15.5. The Labute approximate surface area is 441 Å². The molecule has 10 aromatic rings. The van der Waals surface area contributed by atoms with Crippen molar-refractivity contribution in [1.82, 2.24) is 9.55 Å². The van der Waals surface area contributed by atoms with Crippen molar-refractivity contribution in [2.75, 3.05) is 9.80 Å². The van der Waals surface area contributed by atoms with Crippen LogP contribution in [0.1, 0.15) is 87.2 Å². The Morgan fingerprint density at radius 2 is 1.20 bits per heavy atom. The third kappa shape index (κ3) is 8.09. The van der Waals surface area contributed by atoms with Crippen LogP contribution in [0, 0.1) is 39.6 Å². The topological polar surface area (TPSA) is 24.3 Å². The SMILES string of the molecule is [2H]c1c([2H])c([2H])c(-c2cccc(-c3c([2H])c([2H])c([2H])c([2H])c3[2H])c2N2[CH-]N(c3[c-]c(C(C)(C)c4[c-]c5c(cc4)c4c([2H])c([2H])c([2H])c([2H])c4n5-c4cc(C(C)(C)C)ccn4)cc(-c4c(C)cc(C)cc4C)c3)c3ccccc32)c([2H])c1[2H].[Pt]. The summed E-state index contributed by atoms with van der Waals surface area (Å²) in [5.74, 6) is 0.473. The molecular weight excluding hydrogens is 1020 g/mol. The van der Waals surface area contributed by atoms with Crippen molar-refractivity contribution >= 4 is 44.6 Å². The van der Waals surface area contributed by atoms with Gasteiger partial charge in [0.1, 0.15) is 5.82 Å². The van der Waals surface area contributed by atoms with Gasteiger partial charge >= 0.3 is 0 Å². The van der Waals surface area contributed by atoms with Crippen LogP contribution in [-0.4, -0.2) is 9.55 Å². The van der Waals surface area contributed by atoms with Crippen LogP contribution in [0.5, 0.6) is 0 Å². The minimum absolute atomic E-state index is 0. The van der Waals surface area contributed by atoms with E-state index in [0.717, 1.165) is 38.9 Å². The van der Waals surface area contributed by atoms with Crippen LogP contribution < -0.4 is 9.80 Å². The van der Waals surface area contributed by atoms with Gasteiger partial charge in [0.25, 0.3) is 0 Å². The van der Waals surface area contributed by atoms with E-state index in [1.165, 1.54) is 0 Å². The van der Waals surface area contributed by atoms with Crippen molar-refractivity contribution in [1.29, 1.82) is 0 Å². The molecule has 0 bridgehead atoms. The molecule has 0 amide bonds. The first-order valence-electron chi connectivity index (χ1n) is 29.6. The quantitative estimate of drug-likeness (QED) is 0.142. The van der Waals surface area contributed by atoms with Crippen LogP contribution in [0.3, 0.4) is 0 Å². The van der Waals surface area contributed by atoms with Crippen LogP contribution >= 0.6 is 0 Å². The Balaban J connectivity index is 0.00000769. The summed E-state index contributed by atoms with van der Waals surface area (Å²) in [6.45, 7) is 18.4. The summed E-state index contributed by atoms with van der Waals surface area (Å²) < 4.78 is 126. The van der Waals surface area contributed by atoms with Gasteiger partial charge in [-0.2, -0.15) is 41.5 Å². The molecule has 0 radical (unpaired) electrons. The third-order valence-electron chi connectivity index (χ3n) is 13.0. The van der Waals surface area contributed by atoms with Crippen LogP contribution in [0.25, 0.3) is 61.0 Å². The van der Waals surface area contributed by atoms with Crippen molar-refractivity contribution in [3.63, 3.8) is 0 Å². The van der Waals surface area contributed by atoms with Crippen molar-refractivity contribution in [3.8, 4) is 39.2 Å². The van der Waals surface area contributed by atoms with E-state index in [2.05, 4.69) is 85.7 Å². The van der Waals surface area contributed by atoms with Gasteiger partial charge in [0.05, 0.1) is 19.2 Å². The zero-order chi connectivity index (χ0) is 59.1. The molecule has 2 aromatic heterocycles. The number of aromatic nitrogens is 2. The van der Waals surface area contributed by atoms with Gasteiger partial charge in [0, 0.05) is 61.0 Å². The molecule has 4 nitrogen and oxygen atoms in total. The van der Waals surface area contributed by atoms with E-state index in [9.17, 15) is 8.22 Å². The van der Waals surface area contributed by atoms with Gasteiger partial charge in [0.2, 0.25) is 0 Å². The van der Waals surface area contributed by atoms with Gasteiger partial charge in [-0.05, 0) is 101 Å². The molecule has 0 fully saturated rings. The minimum atomic E-state index is -0.914. The van der Waals surface area contributed by atoms with Crippen molar-refractivity contribution in [2.24, 2.45) is 0 Å². The molecule has 5 heteroatoms. The molecule has 0 saturated carbocycles. The standard InChI is InChI=1S/C64H55N4.Pt/c1-42-34-43(2)61(44(3)35-42)47-36-50(64(7,8)49-30-31-55-54-24-15-16-27-56(54)68(59(55)39-49)60-40-48(32-33-65-60)63(4,5)6)38-51(37-47)66-41-67(58-29-18-17-28-57(58)66)62-52(45-20-11-9-12-21-45)25-19-26-53(62)46-22-13-10-14-23-46;/h9-37,40-41H,1-8H3;/q-3;/i9D,10D,11D,12D,13D,14D,15D,16D,20D,21D,22D,23D,24D,27D;. The van der Waals surface area contributed by atoms with Gasteiger partial charge in [-0.25, -0.2) is 4.98 Å². The van der Waals surface area contributed by atoms with Crippen LogP contribution in [0.2, 0.25) is 0 Å². The van der Waals surface area contributed by atoms with Gasteiger partial charge in [-0.15, -0.1) is 29.4 Å². The van der Waals surface area contributed by atoms with Gasteiger partial charge in [0.15, 0.2) is 0 Å².